The van der Waals surface area contributed by atoms with Gasteiger partial charge in [-0.15, -0.1) is 0 Å². The van der Waals surface area contributed by atoms with Crippen LogP contribution < -0.4 is 9.44 Å². The molecule has 0 saturated heterocycles. The first-order valence-electron chi connectivity index (χ1n) is 4.58. The van der Waals surface area contributed by atoms with Gasteiger partial charge >= 0.3 is 5.97 Å². The zero-order valence-electron chi connectivity index (χ0n) is 8.01. The van der Waals surface area contributed by atoms with E-state index in [1.54, 1.807) is 0 Å². The van der Waals surface area contributed by atoms with Crippen molar-refractivity contribution in [2.45, 2.75) is 31.3 Å². The molecule has 0 aromatic rings. The van der Waals surface area contributed by atoms with E-state index in [9.17, 15) is 13.2 Å². The number of hydrogen-bond donors (Lipinski definition) is 4. The Kier molecular flexibility index (Phi) is 4.03. The molecular formula is C7H14N2O5S. The van der Waals surface area contributed by atoms with Crippen LogP contribution in [0.1, 0.15) is 19.3 Å². The number of nitrogens with one attached hydrogen (secondary N) is 2. The molecule has 7 nitrogen and oxygen atoms in total. The lowest BCUT2D eigenvalue weighted by atomic mass is 10.2. The van der Waals surface area contributed by atoms with E-state index < -0.39 is 22.2 Å². The van der Waals surface area contributed by atoms with Gasteiger partial charge in [0, 0.05) is 12.6 Å². The van der Waals surface area contributed by atoms with E-state index in [0.717, 1.165) is 12.8 Å². The number of aliphatic carboxylic acids is 1. The molecule has 0 aliphatic heterocycles. The summed E-state index contributed by atoms with van der Waals surface area (Å²) in [7, 11) is -3.78. The Hall–Kier alpha value is -0.700. The van der Waals surface area contributed by atoms with Crippen LogP contribution in [-0.4, -0.2) is 43.3 Å². The minimum Gasteiger partial charge on any atom is -0.480 e. The molecule has 0 bridgehead atoms. The predicted molar refractivity (Wildman–Crippen MR) is 51.3 cm³/mol. The SMILES string of the molecule is O=C(O)[C@@H](CCO)NS(=O)(=O)NC1CC1. The highest BCUT2D eigenvalue weighted by molar-refractivity contribution is 7.87. The minimum atomic E-state index is -3.78. The van der Waals surface area contributed by atoms with Crippen molar-refractivity contribution in [3.05, 3.63) is 0 Å². The van der Waals surface area contributed by atoms with Crippen LogP contribution in [0.3, 0.4) is 0 Å². The lowest BCUT2D eigenvalue weighted by Crippen LogP contribution is -2.47. The average molecular weight is 238 g/mol. The van der Waals surface area contributed by atoms with Crippen LogP contribution >= 0.6 is 0 Å². The molecule has 1 saturated carbocycles. The maximum Gasteiger partial charge on any atom is 0.321 e. The third-order valence-corrected chi connectivity index (χ3v) is 3.15. The van der Waals surface area contributed by atoms with E-state index in [-0.39, 0.29) is 19.1 Å². The fourth-order valence-corrected chi connectivity index (χ4v) is 2.34. The molecule has 0 heterocycles. The largest absolute Gasteiger partial charge is 0.480 e. The molecule has 0 aromatic heterocycles. The zero-order valence-corrected chi connectivity index (χ0v) is 8.83. The standard InChI is InChI=1S/C7H14N2O5S/c10-4-3-6(7(11)12)9-15(13,14)8-5-1-2-5/h5-6,8-10H,1-4H2,(H,11,12)/t6-/m1/s1. The van der Waals surface area contributed by atoms with Crippen LogP contribution in [0.25, 0.3) is 0 Å². The first-order chi connectivity index (χ1) is 6.94. The zero-order chi connectivity index (χ0) is 11.5. The molecule has 0 aromatic carbocycles. The second-order valence-corrected chi connectivity index (χ2v) is 4.89. The number of hydrogen-bond acceptors (Lipinski definition) is 4. The fraction of sp³-hybridized carbons (Fsp3) is 0.857. The van der Waals surface area contributed by atoms with Gasteiger partial charge in [0.15, 0.2) is 0 Å². The van der Waals surface area contributed by atoms with Gasteiger partial charge in [-0.3, -0.25) is 4.79 Å². The molecule has 1 aliphatic carbocycles. The van der Waals surface area contributed by atoms with Gasteiger partial charge in [-0.05, 0) is 19.3 Å². The molecule has 0 radical (unpaired) electrons. The second kappa shape index (κ2) is 4.88. The van der Waals surface area contributed by atoms with Crippen LogP contribution in [0.15, 0.2) is 0 Å². The van der Waals surface area contributed by atoms with Crippen LogP contribution in [0.5, 0.6) is 0 Å². The summed E-state index contributed by atoms with van der Waals surface area (Å²) in [6.07, 6.45) is 1.40. The van der Waals surface area contributed by atoms with Crippen molar-refractivity contribution in [1.29, 1.82) is 0 Å². The molecule has 0 amide bonds. The smallest absolute Gasteiger partial charge is 0.321 e. The summed E-state index contributed by atoms with van der Waals surface area (Å²) in [6, 6.07) is -1.36. The summed E-state index contributed by atoms with van der Waals surface area (Å²) in [5.41, 5.74) is 0. The number of carboxylic acids is 1. The van der Waals surface area contributed by atoms with E-state index >= 15 is 0 Å². The van der Waals surface area contributed by atoms with E-state index in [4.69, 9.17) is 10.2 Å². The maximum atomic E-state index is 11.3. The van der Waals surface area contributed by atoms with E-state index in [2.05, 4.69) is 4.72 Å². The highest BCUT2D eigenvalue weighted by atomic mass is 32.2. The average Bonchev–Trinajstić information content (AvgIpc) is 2.86. The van der Waals surface area contributed by atoms with Crippen LogP contribution in [0.2, 0.25) is 0 Å². The maximum absolute atomic E-state index is 11.3. The molecule has 1 fully saturated rings. The summed E-state index contributed by atoms with van der Waals surface area (Å²) in [6.45, 7) is -0.386. The quantitative estimate of drug-likeness (QED) is 0.426. The Balaban J connectivity index is 2.51. The van der Waals surface area contributed by atoms with Crippen molar-refractivity contribution in [3.8, 4) is 0 Å². The van der Waals surface area contributed by atoms with Gasteiger partial charge in [-0.2, -0.15) is 17.9 Å². The van der Waals surface area contributed by atoms with Gasteiger partial charge in [0.05, 0.1) is 0 Å². The number of aliphatic hydroxyl groups is 1. The first kappa shape index (κ1) is 12.4. The Morgan fingerprint density at radius 2 is 2.07 bits per heavy atom. The molecular weight excluding hydrogens is 224 g/mol. The number of aliphatic hydroxyl groups excluding tert-OH is 1. The highest BCUT2D eigenvalue weighted by Gasteiger charge is 2.30. The van der Waals surface area contributed by atoms with Crippen molar-refractivity contribution in [2.24, 2.45) is 0 Å². The molecule has 1 aliphatic rings. The van der Waals surface area contributed by atoms with Crippen LogP contribution in [0, 0.1) is 0 Å². The molecule has 88 valence electrons. The minimum absolute atomic E-state index is 0.0777. The van der Waals surface area contributed by atoms with Crippen molar-refractivity contribution in [3.63, 3.8) is 0 Å². The topological polar surface area (TPSA) is 116 Å². The fourth-order valence-electron chi connectivity index (χ4n) is 1.00. The Labute approximate surface area is 87.7 Å². The van der Waals surface area contributed by atoms with Gasteiger partial charge in [-0.1, -0.05) is 0 Å². The summed E-state index contributed by atoms with van der Waals surface area (Å²) >= 11 is 0. The third kappa shape index (κ3) is 4.56. The second-order valence-electron chi connectivity index (χ2n) is 3.42. The van der Waals surface area contributed by atoms with Crippen molar-refractivity contribution in [2.75, 3.05) is 6.61 Å². The van der Waals surface area contributed by atoms with Crippen molar-refractivity contribution >= 4 is 16.2 Å². The van der Waals surface area contributed by atoms with Gasteiger partial charge in [0.25, 0.3) is 10.2 Å². The summed E-state index contributed by atoms with van der Waals surface area (Å²) in [5.74, 6) is -1.30. The molecule has 1 rings (SSSR count). The van der Waals surface area contributed by atoms with Crippen molar-refractivity contribution < 1.29 is 23.4 Å². The first-order valence-corrected chi connectivity index (χ1v) is 6.06. The van der Waals surface area contributed by atoms with Gasteiger partial charge < -0.3 is 10.2 Å². The molecule has 0 unspecified atom stereocenters. The van der Waals surface area contributed by atoms with E-state index in [1.807, 2.05) is 4.72 Å². The highest BCUT2D eigenvalue weighted by Crippen LogP contribution is 2.19. The number of carboxylic acid groups (broad SMARTS) is 1. The third-order valence-electron chi connectivity index (χ3n) is 1.91. The van der Waals surface area contributed by atoms with Crippen LogP contribution in [0.4, 0.5) is 0 Å². The Bertz CT molecular complexity index is 324. The molecule has 0 spiro atoms. The molecule has 4 N–H and O–H groups in total. The summed E-state index contributed by atoms with van der Waals surface area (Å²) < 4.78 is 26.9. The lowest BCUT2D eigenvalue weighted by Gasteiger charge is -2.13. The van der Waals surface area contributed by atoms with E-state index in [0.29, 0.717) is 0 Å². The normalized spacial score (nSPS) is 18.7. The van der Waals surface area contributed by atoms with Gasteiger partial charge in [0.2, 0.25) is 0 Å². The van der Waals surface area contributed by atoms with Gasteiger partial charge in [0.1, 0.15) is 6.04 Å². The number of rotatable bonds is 7. The van der Waals surface area contributed by atoms with Crippen LogP contribution in [-0.2, 0) is 15.0 Å². The Morgan fingerprint density at radius 1 is 1.47 bits per heavy atom. The van der Waals surface area contributed by atoms with E-state index in [1.165, 1.54) is 0 Å². The predicted octanol–water partition coefficient (Wildman–Crippen LogP) is -1.59. The molecule has 15 heavy (non-hydrogen) atoms. The number of carbonyl (C=O) groups is 1. The van der Waals surface area contributed by atoms with Crippen molar-refractivity contribution in [1.82, 2.24) is 9.44 Å². The summed E-state index contributed by atoms with van der Waals surface area (Å²) in [5, 5.41) is 17.2. The lowest BCUT2D eigenvalue weighted by molar-refractivity contribution is -0.139. The van der Waals surface area contributed by atoms with Gasteiger partial charge in [-0.25, -0.2) is 0 Å². The molecule has 1 atom stereocenters. The Morgan fingerprint density at radius 3 is 2.47 bits per heavy atom. The summed E-state index contributed by atoms with van der Waals surface area (Å²) in [4.78, 5) is 10.6. The monoisotopic (exact) mass is 238 g/mol. The molecule has 8 heteroatoms.